The summed E-state index contributed by atoms with van der Waals surface area (Å²) < 4.78 is 66.3. The zero-order chi connectivity index (χ0) is 25.9. The normalized spacial score (nSPS) is 17.4. The van der Waals surface area contributed by atoms with Crippen LogP contribution in [0.15, 0.2) is 66.7 Å². The van der Waals surface area contributed by atoms with Gasteiger partial charge in [0.05, 0.1) is 6.67 Å². The third kappa shape index (κ3) is 8.35. The number of aryl methyl sites for hydroxylation is 1. The molecule has 1 saturated carbocycles. The summed E-state index contributed by atoms with van der Waals surface area (Å²) in [5.41, 5.74) is 3.98. The Morgan fingerprint density at radius 1 is 0.833 bits per heavy atom. The van der Waals surface area contributed by atoms with Gasteiger partial charge in [0.2, 0.25) is 0 Å². The molecule has 3 aromatic rings. The minimum absolute atomic E-state index is 0.138. The van der Waals surface area contributed by atoms with E-state index in [2.05, 4.69) is 35.9 Å². The SMILES string of the molecule is CCCc1ccc(C2CCC(CCF)CC2)cc1.Fc1ccc(-c2ccc(OC(F)F)c(F)c2)cc1. The predicted molar refractivity (Wildman–Crippen MR) is 134 cm³/mol. The van der Waals surface area contributed by atoms with Gasteiger partial charge in [0.1, 0.15) is 5.82 Å². The number of hydrogen-bond acceptors (Lipinski definition) is 1. The van der Waals surface area contributed by atoms with Crippen LogP contribution in [-0.2, 0) is 6.42 Å². The fourth-order valence-electron chi connectivity index (χ4n) is 4.70. The first-order valence-corrected chi connectivity index (χ1v) is 12.5. The number of ether oxygens (including phenoxy) is 1. The van der Waals surface area contributed by atoms with Crippen LogP contribution in [0.2, 0.25) is 0 Å². The van der Waals surface area contributed by atoms with E-state index in [1.807, 2.05) is 0 Å². The zero-order valence-electron chi connectivity index (χ0n) is 20.5. The topological polar surface area (TPSA) is 9.23 Å². The van der Waals surface area contributed by atoms with Crippen LogP contribution in [0.25, 0.3) is 11.1 Å². The Morgan fingerprint density at radius 2 is 1.47 bits per heavy atom. The summed E-state index contributed by atoms with van der Waals surface area (Å²) in [6.07, 6.45) is 8.10. The molecule has 4 rings (SSSR count). The van der Waals surface area contributed by atoms with Crippen molar-refractivity contribution in [1.82, 2.24) is 0 Å². The van der Waals surface area contributed by atoms with Crippen LogP contribution in [0, 0.1) is 17.6 Å². The lowest BCUT2D eigenvalue weighted by atomic mass is 9.77. The van der Waals surface area contributed by atoms with Crippen molar-refractivity contribution in [2.75, 3.05) is 6.67 Å². The molecule has 0 saturated heterocycles. The van der Waals surface area contributed by atoms with Crippen molar-refractivity contribution in [2.45, 2.75) is 64.4 Å². The van der Waals surface area contributed by atoms with Gasteiger partial charge in [0.25, 0.3) is 0 Å². The third-order valence-corrected chi connectivity index (χ3v) is 6.68. The van der Waals surface area contributed by atoms with E-state index in [-0.39, 0.29) is 6.67 Å². The highest BCUT2D eigenvalue weighted by Crippen LogP contribution is 2.37. The molecule has 0 unspecified atom stereocenters. The van der Waals surface area contributed by atoms with Gasteiger partial charge in [0.15, 0.2) is 11.6 Å². The molecule has 3 aromatic carbocycles. The van der Waals surface area contributed by atoms with Crippen LogP contribution < -0.4 is 4.74 Å². The lowest BCUT2D eigenvalue weighted by molar-refractivity contribution is -0.0521. The van der Waals surface area contributed by atoms with Crippen molar-refractivity contribution in [1.29, 1.82) is 0 Å². The van der Waals surface area contributed by atoms with Crippen LogP contribution in [0.4, 0.5) is 22.0 Å². The first-order chi connectivity index (χ1) is 17.4. The number of alkyl halides is 3. The Bertz CT molecular complexity index is 1040. The molecule has 0 bridgehead atoms. The Hall–Kier alpha value is -2.89. The lowest BCUT2D eigenvalue weighted by Gasteiger charge is -2.28. The number of benzene rings is 3. The van der Waals surface area contributed by atoms with Crippen LogP contribution in [0.5, 0.6) is 5.75 Å². The molecule has 6 heteroatoms. The second-order valence-corrected chi connectivity index (χ2v) is 9.22. The summed E-state index contributed by atoms with van der Waals surface area (Å²) in [6.45, 7) is -0.989. The van der Waals surface area contributed by atoms with Crippen LogP contribution in [-0.4, -0.2) is 13.3 Å². The van der Waals surface area contributed by atoms with Gasteiger partial charge in [-0.05, 0) is 96.9 Å². The van der Waals surface area contributed by atoms with Crippen LogP contribution >= 0.6 is 0 Å². The summed E-state index contributed by atoms with van der Waals surface area (Å²) >= 11 is 0. The monoisotopic (exact) mass is 504 g/mol. The quantitative estimate of drug-likeness (QED) is 0.278. The van der Waals surface area contributed by atoms with Crippen molar-refractivity contribution in [3.05, 3.63) is 89.5 Å². The average Bonchev–Trinajstić information content (AvgIpc) is 2.87. The smallest absolute Gasteiger partial charge is 0.387 e. The molecular formula is C30H33F5O. The molecule has 1 aliphatic carbocycles. The van der Waals surface area contributed by atoms with E-state index in [0.29, 0.717) is 17.0 Å². The first kappa shape index (κ1) is 27.7. The molecule has 0 spiro atoms. The van der Waals surface area contributed by atoms with E-state index in [0.717, 1.165) is 24.5 Å². The minimum Gasteiger partial charge on any atom is -0.432 e. The van der Waals surface area contributed by atoms with Gasteiger partial charge < -0.3 is 4.74 Å². The van der Waals surface area contributed by atoms with Crippen LogP contribution in [0.1, 0.15) is 62.5 Å². The Balaban J connectivity index is 0.000000201. The Kier molecular flexibility index (Phi) is 10.8. The second kappa shape index (κ2) is 14.0. The highest BCUT2D eigenvalue weighted by Gasteiger charge is 2.22. The van der Waals surface area contributed by atoms with Crippen molar-refractivity contribution in [3.63, 3.8) is 0 Å². The molecule has 0 aliphatic heterocycles. The summed E-state index contributed by atoms with van der Waals surface area (Å²) in [7, 11) is 0. The van der Waals surface area contributed by atoms with Gasteiger partial charge in [-0.25, -0.2) is 8.78 Å². The minimum atomic E-state index is -3.07. The number of halogens is 5. The summed E-state index contributed by atoms with van der Waals surface area (Å²) in [6, 6.07) is 18.2. The first-order valence-electron chi connectivity index (χ1n) is 12.5. The highest BCUT2D eigenvalue weighted by atomic mass is 19.3. The average molecular weight is 505 g/mol. The largest absolute Gasteiger partial charge is 0.432 e. The number of rotatable bonds is 8. The van der Waals surface area contributed by atoms with Crippen molar-refractivity contribution < 1.29 is 26.7 Å². The molecule has 36 heavy (non-hydrogen) atoms. The van der Waals surface area contributed by atoms with E-state index in [1.54, 1.807) is 0 Å². The Labute approximate surface area is 210 Å². The van der Waals surface area contributed by atoms with Gasteiger partial charge in [-0.1, -0.05) is 55.8 Å². The second-order valence-electron chi connectivity index (χ2n) is 9.22. The van der Waals surface area contributed by atoms with Crippen molar-refractivity contribution >= 4 is 0 Å². The Morgan fingerprint density at radius 3 is 2.03 bits per heavy atom. The maximum absolute atomic E-state index is 13.4. The number of hydrogen-bond donors (Lipinski definition) is 0. The van der Waals surface area contributed by atoms with E-state index in [1.165, 1.54) is 80.0 Å². The molecule has 194 valence electrons. The summed E-state index contributed by atoms with van der Waals surface area (Å²) in [5.74, 6) is -0.452. The summed E-state index contributed by atoms with van der Waals surface area (Å²) in [4.78, 5) is 0. The zero-order valence-corrected chi connectivity index (χ0v) is 20.5. The molecule has 0 atom stereocenters. The molecule has 1 aliphatic rings. The molecule has 0 amide bonds. The van der Waals surface area contributed by atoms with Gasteiger partial charge in [-0.3, -0.25) is 4.39 Å². The maximum Gasteiger partial charge on any atom is 0.387 e. The molecule has 0 radical (unpaired) electrons. The van der Waals surface area contributed by atoms with Gasteiger partial charge >= 0.3 is 6.61 Å². The van der Waals surface area contributed by atoms with Gasteiger partial charge in [0, 0.05) is 0 Å². The van der Waals surface area contributed by atoms with E-state index < -0.39 is 24.0 Å². The highest BCUT2D eigenvalue weighted by molar-refractivity contribution is 5.64. The molecule has 0 aromatic heterocycles. The van der Waals surface area contributed by atoms with Crippen LogP contribution in [0.3, 0.4) is 0 Å². The lowest BCUT2D eigenvalue weighted by Crippen LogP contribution is -2.13. The molecule has 0 N–H and O–H groups in total. The molecular weight excluding hydrogens is 471 g/mol. The van der Waals surface area contributed by atoms with Gasteiger partial charge in [-0.15, -0.1) is 0 Å². The van der Waals surface area contributed by atoms with E-state index in [4.69, 9.17) is 0 Å². The third-order valence-electron chi connectivity index (χ3n) is 6.68. The molecule has 1 nitrogen and oxygen atoms in total. The van der Waals surface area contributed by atoms with Crippen molar-refractivity contribution in [3.8, 4) is 16.9 Å². The van der Waals surface area contributed by atoms with E-state index >= 15 is 0 Å². The summed E-state index contributed by atoms with van der Waals surface area (Å²) in [5, 5.41) is 0. The maximum atomic E-state index is 13.4. The predicted octanol–water partition coefficient (Wildman–Crippen LogP) is 9.51. The fraction of sp³-hybridized carbons (Fsp3) is 0.400. The van der Waals surface area contributed by atoms with Gasteiger partial charge in [-0.2, -0.15) is 8.78 Å². The fourth-order valence-corrected chi connectivity index (χ4v) is 4.70. The molecule has 1 fully saturated rings. The standard InChI is InChI=1S/C17H25F.C13H8F4O/c1-2-3-14-4-8-16(9-5-14)17-10-6-15(7-11-17)12-13-18;14-10-4-1-8(2-5-10)9-3-6-12(11(15)7-9)18-13(16)17/h4-5,8-9,15,17H,2-3,6-7,10-13H2,1H3;1-7,13H. The van der Waals surface area contributed by atoms with E-state index in [9.17, 15) is 22.0 Å². The van der Waals surface area contributed by atoms with Crippen molar-refractivity contribution in [2.24, 2.45) is 5.92 Å². The molecule has 0 heterocycles.